The molecule has 0 amide bonds. The van der Waals surface area contributed by atoms with Crippen LogP contribution in [0.15, 0.2) is 48.5 Å². The highest BCUT2D eigenvalue weighted by molar-refractivity contribution is 5.63. The minimum absolute atomic E-state index is 0.329. The average molecular weight is 258 g/mol. The van der Waals surface area contributed by atoms with E-state index in [4.69, 9.17) is 4.74 Å². The Bertz CT molecular complexity index is 566. The highest BCUT2D eigenvalue weighted by Gasteiger charge is 2.14. The molecule has 3 heteroatoms. The average Bonchev–Trinajstić information content (AvgIpc) is 2.45. The number of ether oxygens (including phenoxy) is 1. The van der Waals surface area contributed by atoms with Crippen LogP contribution in [-0.4, -0.2) is 13.4 Å². The Labute approximate surface area is 111 Å². The van der Waals surface area contributed by atoms with Crippen LogP contribution in [0.25, 0.3) is 0 Å². The molecular formula is C16H15FO2. The molecule has 2 aromatic rings. The summed E-state index contributed by atoms with van der Waals surface area (Å²) in [5.41, 5.74) is 1.62. The second kappa shape index (κ2) is 6.14. The van der Waals surface area contributed by atoms with Crippen LogP contribution in [0.3, 0.4) is 0 Å². The van der Waals surface area contributed by atoms with E-state index in [1.165, 1.54) is 12.1 Å². The minimum Gasteiger partial charge on any atom is -0.496 e. The van der Waals surface area contributed by atoms with Gasteiger partial charge in [-0.15, -0.1) is 0 Å². The van der Waals surface area contributed by atoms with Gasteiger partial charge in [0, 0.05) is 5.92 Å². The fraction of sp³-hybridized carbons (Fsp3) is 0.188. The van der Waals surface area contributed by atoms with Crippen molar-refractivity contribution in [3.63, 3.8) is 0 Å². The van der Waals surface area contributed by atoms with Crippen LogP contribution in [-0.2, 0) is 11.2 Å². The number of rotatable bonds is 5. The van der Waals surface area contributed by atoms with Crippen molar-refractivity contribution in [3.8, 4) is 5.75 Å². The predicted octanol–water partition coefficient (Wildman–Crippen LogP) is 3.36. The summed E-state index contributed by atoms with van der Waals surface area (Å²) >= 11 is 0. The predicted molar refractivity (Wildman–Crippen MR) is 71.9 cm³/mol. The summed E-state index contributed by atoms with van der Waals surface area (Å²) in [7, 11) is 1.59. The molecule has 0 saturated heterocycles. The number of aldehydes is 1. The number of methoxy groups -OCH3 is 1. The van der Waals surface area contributed by atoms with Gasteiger partial charge in [0.2, 0.25) is 0 Å². The van der Waals surface area contributed by atoms with Crippen LogP contribution in [0.2, 0.25) is 0 Å². The van der Waals surface area contributed by atoms with Crippen molar-refractivity contribution in [2.24, 2.45) is 0 Å². The molecule has 0 radical (unpaired) electrons. The van der Waals surface area contributed by atoms with Gasteiger partial charge in [0.15, 0.2) is 0 Å². The van der Waals surface area contributed by atoms with E-state index < -0.39 is 0 Å². The fourth-order valence-corrected chi connectivity index (χ4v) is 2.09. The summed E-state index contributed by atoms with van der Waals surface area (Å²) in [4.78, 5) is 11.3. The van der Waals surface area contributed by atoms with Crippen LogP contribution >= 0.6 is 0 Å². The summed E-state index contributed by atoms with van der Waals surface area (Å²) in [5.74, 6) is 0.0436. The number of carbonyl (C=O) groups excluding carboxylic acids is 1. The molecule has 1 atom stereocenters. The van der Waals surface area contributed by atoms with E-state index >= 15 is 0 Å². The van der Waals surface area contributed by atoms with E-state index in [2.05, 4.69) is 0 Å². The lowest BCUT2D eigenvalue weighted by Gasteiger charge is -2.13. The van der Waals surface area contributed by atoms with Gasteiger partial charge in [-0.2, -0.15) is 0 Å². The third-order valence-electron chi connectivity index (χ3n) is 3.07. The first-order valence-electron chi connectivity index (χ1n) is 6.07. The summed E-state index contributed by atoms with van der Waals surface area (Å²) in [5, 5.41) is 0. The molecule has 0 fully saturated rings. The van der Waals surface area contributed by atoms with Crippen LogP contribution < -0.4 is 4.74 Å². The Hall–Kier alpha value is -2.16. The van der Waals surface area contributed by atoms with E-state index in [-0.39, 0.29) is 11.7 Å². The first-order chi connectivity index (χ1) is 9.24. The van der Waals surface area contributed by atoms with Gasteiger partial charge in [-0.1, -0.05) is 30.3 Å². The van der Waals surface area contributed by atoms with Crippen molar-refractivity contribution in [2.75, 3.05) is 7.11 Å². The Morgan fingerprint density at radius 2 is 2.00 bits per heavy atom. The molecule has 1 unspecified atom stereocenters. The molecule has 0 saturated carbocycles. The fourth-order valence-electron chi connectivity index (χ4n) is 2.09. The summed E-state index contributed by atoms with van der Waals surface area (Å²) in [6, 6.07) is 13.7. The van der Waals surface area contributed by atoms with Crippen molar-refractivity contribution in [3.05, 3.63) is 65.5 Å². The zero-order valence-electron chi connectivity index (χ0n) is 10.7. The number of hydrogen-bond acceptors (Lipinski definition) is 2. The third-order valence-corrected chi connectivity index (χ3v) is 3.07. The molecule has 19 heavy (non-hydrogen) atoms. The second-order valence-corrected chi connectivity index (χ2v) is 4.31. The van der Waals surface area contributed by atoms with Crippen LogP contribution in [0, 0.1) is 5.82 Å². The topological polar surface area (TPSA) is 26.3 Å². The zero-order valence-corrected chi connectivity index (χ0v) is 10.7. The maximum absolute atomic E-state index is 13.2. The summed E-state index contributed by atoms with van der Waals surface area (Å²) in [6.07, 6.45) is 1.35. The SMILES string of the molecule is COc1ccccc1CC(C=O)c1cccc(F)c1. The Balaban J connectivity index is 2.26. The van der Waals surface area contributed by atoms with E-state index in [9.17, 15) is 9.18 Å². The lowest BCUT2D eigenvalue weighted by molar-refractivity contribution is -0.109. The van der Waals surface area contributed by atoms with Crippen molar-refractivity contribution in [2.45, 2.75) is 12.3 Å². The smallest absolute Gasteiger partial charge is 0.127 e. The molecule has 0 N–H and O–H groups in total. The zero-order chi connectivity index (χ0) is 13.7. The molecule has 0 aromatic heterocycles. The first-order valence-corrected chi connectivity index (χ1v) is 6.07. The van der Waals surface area contributed by atoms with Crippen molar-refractivity contribution in [1.29, 1.82) is 0 Å². The highest BCUT2D eigenvalue weighted by atomic mass is 19.1. The maximum atomic E-state index is 13.2. The third kappa shape index (κ3) is 3.19. The number of carbonyl (C=O) groups is 1. The van der Waals surface area contributed by atoms with Crippen LogP contribution in [0.5, 0.6) is 5.75 Å². The molecule has 0 aliphatic rings. The molecule has 2 rings (SSSR count). The van der Waals surface area contributed by atoms with Gasteiger partial charge in [-0.3, -0.25) is 0 Å². The lowest BCUT2D eigenvalue weighted by Crippen LogP contribution is -2.06. The van der Waals surface area contributed by atoms with E-state index in [1.807, 2.05) is 24.3 Å². The minimum atomic E-state index is -0.369. The summed E-state index contributed by atoms with van der Waals surface area (Å²) in [6.45, 7) is 0. The molecule has 2 nitrogen and oxygen atoms in total. The molecule has 0 aliphatic heterocycles. The van der Waals surface area contributed by atoms with Gasteiger partial charge < -0.3 is 9.53 Å². The number of hydrogen-bond donors (Lipinski definition) is 0. The molecule has 0 aliphatic carbocycles. The normalized spacial score (nSPS) is 11.9. The van der Waals surface area contributed by atoms with Crippen LogP contribution in [0.1, 0.15) is 17.0 Å². The van der Waals surface area contributed by atoms with Gasteiger partial charge in [0.25, 0.3) is 0 Å². The van der Waals surface area contributed by atoms with Gasteiger partial charge in [-0.25, -0.2) is 4.39 Å². The summed E-state index contributed by atoms with van der Waals surface area (Å²) < 4.78 is 18.5. The van der Waals surface area contributed by atoms with Gasteiger partial charge >= 0.3 is 0 Å². The van der Waals surface area contributed by atoms with Gasteiger partial charge in [0.05, 0.1) is 7.11 Å². The molecule has 0 spiro atoms. The van der Waals surface area contributed by atoms with Crippen molar-refractivity contribution < 1.29 is 13.9 Å². The number of para-hydroxylation sites is 1. The Morgan fingerprint density at radius 1 is 1.21 bits per heavy atom. The standard InChI is InChI=1S/C16H15FO2/c1-19-16-8-3-2-5-13(16)9-14(11-18)12-6-4-7-15(17)10-12/h2-8,10-11,14H,9H2,1H3. The monoisotopic (exact) mass is 258 g/mol. The molecular weight excluding hydrogens is 243 g/mol. The van der Waals surface area contributed by atoms with E-state index in [1.54, 1.807) is 19.2 Å². The Kier molecular flexibility index (Phi) is 4.29. The Morgan fingerprint density at radius 3 is 2.68 bits per heavy atom. The lowest BCUT2D eigenvalue weighted by atomic mass is 9.93. The first kappa shape index (κ1) is 13.3. The molecule has 0 bridgehead atoms. The van der Waals surface area contributed by atoms with E-state index in [0.29, 0.717) is 12.0 Å². The van der Waals surface area contributed by atoms with Gasteiger partial charge in [-0.05, 0) is 35.7 Å². The molecule has 2 aromatic carbocycles. The van der Waals surface area contributed by atoms with Crippen molar-refractivity contribution >= 4 is 6.29 Å². The molecule has 0 heterocycles. The quantitative estimate of drug-likeness (QED) is 0.769. The highest BCUT2D eigenvalue weighted by Crippen LogP contribution is 2.25. The maximum Gasteiger partial charge on any atom is 0.127 e. The largest absolute Gasteiger partial charge is 0.496 e. The van der Waals surface area contributed by atoms with Crippen molar-refractivity contribution in [1.82, 2.24) is 0 Å². The van der Waals surface area contributed by atoms with E-state index in [0.717, 1.165) is 17.6 Å². The second-order valence-electron chi connectivity index (χ2n) is 4.31. The molecule has 98 valence electrons. The van der Waals surface area contributed by atoms with Crippen LogP contribution in [0.4, 0.5) is 4.39 Å². The van der Waals surface area contributed by atoms with Gasteiger partial charge in [0.1, 0.15) is 17.9 Å². The number of halogens is 1. The number of benzene rings is 2.